The minimum Gasteiger partial charge on any atom is -0.508 e. The van der Waals surface area contributed by atoms with E-state index < -0.39 is 0 Å². The first-order chi connectivity index (χ1) is 17.7. The first kappa shape index (κ1) is 27.0. The van der Waals surface area contributed by atoms with Gasteiger partial charge in [0.2, 0.25) is 0 Å². The van der Waals surface area contributed by atoms with Gasteiger partial charge in [-0.2, -0.15) is 0 Å². The van der Waals surface area contributed by atoms with Gasteiger partial charge in [0.05, 0.1) is 13.7 Å². The molecule has 2 N–H and O–H groups in total. The van der Waals surface area contributed by atoms with Crippen LogP contribution >= 0.6 is 0 Å². The lowest BCUT2D eigenvalue weighted by Crippen LogP contribution is -2.40. The maximum atomic E-state index is 9.98. The van der Waals surface area contributed by atoms with E-state index >= 15 is 0 Å². The van der Waals surface area contributed by atoms with Crippen molar-refractivity contribution in [3.8, 4) is 11.5 Å². The van der Waals surface area contributed by atoms with Gasteiger partial charge in [0.1, 0.15) is 11.5 Å². The van der Waals surface area contributed by atoms with Crippen LogP contribution in [-0.4, -0.2) is 55.0 Å². The van der Waals surface area contributed by atoms with Crippen LogP contribution in [0.15, 0.2) is 60.7 Å². The number of hydrogen-bond donors (Lipinski definition) is 2. The van der Waals surface area contributed by atoms with Crippen LogP contribution in [0, 0.1) is 0 Å². The van der Waals surface area contributed by atoms with Crippen molar-refractivity contribution in [1.29, 1.82) is 0 Å². The Morgan fingerprint density at radius 3 is 2.35 bits per heavy atom. The largest absolute Gasteiger partial charge is 0.508 e. The van der Waals surface area contributed by atoms with Crippen molar-refractivity contribution in [2.45, 2.75) is 57.5 Å². The van der Waals surface area contributed by atoms with Crippen LogP contribution < -0.4 is 9.64 Å². The van der Waals surface area contributed by atoms with E-state index in [2.05, 4.69) is 80.2 Å². The van der Waals surface area contributed by atoms with Crippen LogP contribution in [0.1, 0.15) is 54.0 Å². The number of methoxy groups -OCH3 is 1. The Morgan fingerprint density at radius 2 is 1.68 bits per heavy atom. The molecule has 3 aromatic rings. The van der Waals surface area contributed by atoms with Crippen molar-refractivity contribution >= 4 is 5.69 Å². The summed E-state index contributed by atoms with van der Waals surface area (Å²) >= 11 is 0. The Balaban J connectivity index is 1.60. The predicted molar refractivity (Wildman–Crippen MR) is 152 cm³/mol. The molecule has 1 aliphatic carbocycles. The van der Waals surface area contributed by atoms with Crippen molar-refractivity contribution in [3.05, 3.63) is 88.5 Å². The molecule has 0 aliphatic heterocycles. The number of aliphatic hydroxyl groups is 1. The molecule has 1 aliphatic rings. The van der Waals surface area contributed by atoms with Crippen molar-refractivity contribution in [2.75, 3.05) is 39.3 Å². The second-order valence-corrected chi connectivity index (χ2v) is 11.2. The second kappa shape index (κ2) is 11.6. The normalized spacial score (nSPS) is 15.5. The number of anilines is 1. The topological polar surface area (TPSA) is 56.2 Å². The third-order valence-electron chi connectivity index (χ3n) is 8.05. The molecule has 0 bridgehead atoms. The Bertz CT molecular complexity index is 1190. The summed E-state index contributed by atoms with van der Waals surface area (Å²) in [4.78, 5) is 4.55. The SMILES string of the molecule is COc1ccc(C2CCc3cc(O)ccc3C2)c(N(CCO)Cc2ccc(CC(C)(C)N(C)C)cc2)c1. The fraction of sp³-hybridized carbons (Fsp3) is 0.438. The first-order valence-electron chi connectivity index (χ1n) is 13.3. The zero-order chi connectivity index (χ0) is 26.6. The van der Waals surface area contributed by atoms with Gasteiger partial charge in [-0.1, -0.05) is 36.4 Å². The molecule has 1 atom stereocenters. The Morgan fingerprint density at radius 1 is 0.946 bits per heavy atom. The molecule has 0 fully saturated rings. The summed E-state index contributed by atoms with van der Waals surface area (Å²) in [5, 5.41) is 19.9. The Hall–Kier alpha value is -3.02. The van der Waals surface area contributed by atoms with Gasteiger partial charge in [0.25, 0.3) is 0 Å². The van der Waals surface area contributed by atoms with Crippen molar-refractivity contribution in [3.63, 3.8) is 0 Å². The molecule has 0 aromatic heterocycles. The number of aromatic hydroxyl groups is 1. The molecular weight excluding hydrogens is 460 g/mol. The van der Waals surface area contributed by atoms with E-state index in [1.54, 1.807) is 13.2 Å². The monoisotopic (exact) mass is 502 g/mol. The van der Waals surface area contributed by atoms with E-state index in [4.69, 9.17) is 4.74 Å². The molecule has 0 saturated heterocycles. The van der Waals surface area contributed by atoms with Crippen LogP contribution in [0.2, 0.25) is 0 Å². The average Bonchev–Trinajstić information content (AvgIpc) is 2.88. The van der Waals surface area contributed by atoms with Gasteiger partial charge < -0.3 is 24.7 Å². The number of benzene rings is 3. The van der Waals surface area contributed by atoms with Crippen molar-refractivity contribution < 1.29 is 14.9 Å². The maximum Gasteiger partial charge on any atom is 0.120 e. The number of hydrogen-bond acceptors (Lipinski definition) is 5. The fourth-order valence-corrected chi connectivity index (χ4v) is 5.32. The highest BCUT2D eigenvalue weighted by Crippen LogP contribution is 2.40. The number of aryl methyl sites for hydroxylation is 1. The summed E-state index contributed by atoms with van der Waals surface area (Å²) in [5.74, 6) is 1.53. The van der Waals surface area contributed by atoms with Gasteiger partial charge in [-0.15, -0.1) is 0 Å². The zero-order valence-corrected chi connectivity index (χ0v) is 23.0. The van der Waals surface area contributed by atoms with Crippen LogP contribution in [0.25, 0.3) is 0 Å². The molecule has 198 valence electrons. The number of phenolic OH excluding ortho intramolecular Hbond substituents is 1. The van der Waals surface area contributed by atoms with Gasteiger partial charge in [-0.05, 0) is 106 Å². The molecule has 0 spiro atoms. The molecule has 1 unspecified atom stereocenters. The number of rotatable bonds is 10. The summed E-state index contributed by atoms with van der Waals surface area (Å²) in [6.45, 7) is 5.88. The van der Waals surface area contributed by atoms with E-state index in [9.17, 15) is 10.2 Å². The Labute approximate surface area is 222 Å². The van der Waals surface area contributed by atoms with Crippen LogP contribution in [0.4, 0.5) is 5.69 Å². The van der Waals surface area contributed by atoms with E-state index in [0.29, 0.717) is 18.2 Å². The van der Waals surface area contributed by atoms with Crippen LogP contribution in [-0.2, 0) is 25.8 Å². The number of ether oxygens (including phenoxy) is 1. The van der Waals surface area contributed by atoms with E-state index in [1.807, 2.05) is 12.1 Å². The standard InChI is InChI=1S/C32H42N2O3/c1-32(2,33(3)4)21-23-6-8-24(9-7-23)22-34(16-17-35)31-20-29(37-5)14-15-30(31)27-11-10-26-19-28(36)13-12-25(26)18-27/h6-9,12-15,19-20,27,35-36H,10-11,16-18,21-22H2,1-5H3. The maximum absolute atomic E-state index is 9.98. The number of nitrogens with zero attached hydrogens (tertiary/aromatic N) is 2. The molecule has 0 amide bonds. The highest BCUT2D eigenvalue weighted by molar-refractivity contribution is 5.60. The van der Waals surface area contributed by atoms with Crippen LogP contribution in [0.5, 0.6) is 11.5 Å². The molecule has 37 heavy (non-hydrogen) atoms. The molecule has 4 rings (SSSR count). The van der Waals surface area contributed by atoms with E-state index in [-0.39, 0.29) is 12.1 Å². The first-order valence-corrected chi connectivity index (χ1v) is 13.3. The summed E-state index contributed by atoms with van der Waals surface area (Å²) < 4.78 is 5.61. The molecule has 3 aromatic carbocycles. The average molecular weight is 503 g/mol. The van der Waals surface area contributed by atoms with Gasteiger partial charge >= 0.3 is 0 Å². The highest BCUT2D eigenvalue weighted by atomic mass is 16.5. The van der Waals surface area contributed by atoms with Gasteiger partial charge in [0.15, 0.2) is 0 Å². The molecule has 0 saturated carbocycles. The lowest BCUT2D eigenvalue weighted by atomic mass is 9.79. The Kier molecular flexibility index (Phi) is 8.46. The quantitative estimate of drug-likeness (QED) is 0.380. The summed E-state index contributed by atoms with van der Waals surface area (Å²) in [5.41, 5.74) is 7.60. The van der Waals surface area contributed by atoms with E-state index in [1.165, 1.54) is 27.8 Å². The highest BCUT2D eigenvalue weighted by Gasteiger charge is 2.25. The number of aliphatic hydroxyl groups excluding tert-OH is 1. The number of fused-ring (bicyclic) bond motifs is 1. The summed E-state index contributed by atoms with van der Waals surface area (Å²) in [6.07, 6.45) is 3.91. The fourth-order valence-electron chi connectivity index (χ4n) is 5.32. The van der Waals surface area contributed by atoms with Gasteiger partial charge in [-0.3, -0.25) is 0 Å². The molecule has 5 nitrogen and oxygen atoms in total. The third-order valence-corrected chi connectivity index (χ3v) is 8.05. The predicted octanol–water partition coefficient (Wildman–Crippen LogP) is 5.55. The van der Waals surface area contributed by atoms with Crippen molar-refractivity contribution in [1.82, 2.24) is 4.90 Å². The minimum atomic E-state index is 0.0819. The van der Waals surface area contributed by atoms with Gasteiger partial charge in [-0.25, -0.2) is 0 Å². The smallest absolute Gasteiger partial charge is 0.120 e. The zero-order valence-electron chi connectivity index (χ0n) is 23.0. The molecule has 0 radical (unpaired) electrons. The molecule has 5 heteroatoms. The lowest BCUT2D eigenvalue weighted by molar-refractivity contribution is 0.195. The van der Waals surface area contributed by atoms with Gasteiger partial charge in [0, 0.05) is 30.4 Å². The van der Waals surface area contributed by atoms with Crippen molar-refractivity contribution in [2.24, 2.45) is 0 Å². The van der Waals surface area contributed by atoms with Crippen LogP contribution in [0.3, 0.4) is 0 Å². The molecule has 0 heterocycles. The number of phenols is 1. The molecular formula is C32H42N2O3. The number of likely N-dealkylation sites (N-methyl/N-ethyl adjacent to an activating group) is 1. The lowest BCUT2D eigenvalue weighted by Gasteiger charge is -2.33. The third kappa shape index (κ3) is 6.46. The second-order valence-electron chi connectivity index (χ2n) is 11.2. The minimum absolute atomic E-state index is 0.0819. The van der Waals surface area contributed by atoms with E-state index in [0.717, 1.165) is 43.7 Å². The summed E-state index contributed by atoms with van der Waals surface area (Å²) in [6, 6.07) is 21.0. The summed E-state index contributed by atoms with van der Waals surface area (Å²) in [7, 11) is 5.95.